The van der Waals surface area contributed by atoms with Crippen LogP contribution in [-0.4, -0.2) is 16.6 Å². The van der Waals surface area contributed by atoms with Crippen molar-refractivity contribution in [3.8, 4) is 0 Å². The molecule has 17 heavy (non-hydrogen) atoms. The number of hydrogen-bond donors (Lipinski definition) is 2. The second-order valence-electron chi connectivity index (χ2n) is 6.02. The van der Waals surface area contributed by atoms with Crippen LogP contribution in [0.5, 0.6) is 0 Å². The first-order valence-electron chi connectivity index (χ1n) is 6.08. The molecule has 2 rings (SSSR count). The van der Waals surface area contributed by atoms with Gasteiger partial charge in [0.15, 0.2) is 0 Å². The maximum Gasteiger partial charge on any atom is 0.309 e. The van der Waals surface area contributed by atoms with E-state index in [0.717, 1.165) is 19.3 Å². The molecule has 3 N–H and O–H groups in total. The van der Waals surface area contributed by atoms with E-state index in [9.17, 15) is 4.21 Å². The molecule has 0 aromatic carbocycles. The molecule has 1 unspecified atom stereocenters. The Morgan fingerprint density at radius 3 is 2.82 bits per heavy atom. The molecular formula is C11H21N3O2S. The van der Waals surface area contributed by atoms with Gasteiger partial charge in [0.05, 0.1) is 0 Å². The molecule has 1 heterocycles. The molecule has 0 spiro atoms. The first kappa shape index (κ1) is 13.0. The molecule has 2 atom stereocenters. The van der Waals surface area contributed by atoms with Gasteiger partial charge in [-0.1, -0.05) is 20.3 Å². The highest BCUT2D eigenvalue weighted by Crippen LogP contribution is 2.47. The summed E-state index contributed by atoms with van der Waals surface area (Å²) in [5, 5.41) is 0. The second-order valence-corrected chi connectivity index (χ2v) is 6.80. The van der Waals surface area contributed by atoms with Gasteiger partial charge in [0, 0.05) is 6.42 Å². The monoisotopic (exact) mass is 259 g/mol. The summed E-state index contributed by atoms with van der Waals surface area (Å²) in [6.45, 7) is 5.22. The molecule has 1 saturated carbocycles. The maximum absolute atomic E-state index is 11.0. The van der Waals surface area contributed by atoms with Crippen LogP contribution >= 0.6 is 0 Å². The van der Waals surface area contributed by atoms with Crippen LogP contribution in [0.4, 0.5) is 0 Å². The molecule has 98 valence electrons. The van der Waals surface area contributed by atoms with E-state index in [2.05, 4.69) is 23.7 Å². The summed E-state index contributed by atoms with van der Waals surface area (Å²) in [6.07, 6.45) is 5.38. The summed E-state index contributed by atoms with van der Waals surface area (Å²) < 4.78 is 19.7. The molecule has 1 aliphatic carbocycles. The van der Waals surface area contributed by atoms with Gasteiger partial charge in [-0.25, -0.2) is 9.69 Å². The molecular weight excluding hydrogens is 238 g/mol. The summed E-state index contributed by atoms with van der Waals surface area (Å²) in [6, 6.07) is 0. The number of hydroxylamine groups is 1. The molecule has 0 aromatic rings. The van der Waals surface area contributed by atoms with Gasteiger partial charge in [-0.05, 0) is 36.6 Å². The average Bonchev–Trinajstić information content (AvgIpc) is 2.62. The van der Waals surface area contributed by atoms with Gasteiger partial charge in [0.25, 0.3) is 0 Å². The Morgan fingerprint density at radius 2 is 2.29 bits per heavy atom. The Hall–Kier alpha value is -0.460. The van der Waals surface area contributed by atoms with Crippen LogP contribution in [0.15, 0.2) is 4.40 Å². The lowest BCUT2D eigenvalue weighted by Gasteiger charge is -2.44. The van der Waals surface area contributed by atoms with Crippen molar-refractivity contribution < 1.29 is 8.49 Å². The highest BCUT2D eigenvalue weighted by Gasteiger charge is 2.40. The van der Waals surface area contributed by atoms with Gasteiger partial charge < -0.3 is 5.73 Å². The maximum atomic E-state index is 11.0. The largest absolute Gasteiger partial charge is 0.330 e. The third-order valence-corrected chi connectivity index (χ3v) is 4.40. The molecule has 0 aromatic heterocycles. The third kappa shape index (κ3) is 3.05. The van der Waals surface area contributed by atoms with E-state index >= 15 is 0 Å². The highest BCUT2D eigenvalue weighted by atomic mass is 32.2. The zero-order valence-corrected chi connectivity index (χ0v) is 11.3. The van der Waals surface area contributed by atoms with E-state index in [0.29, 0.717) is 17.8 Å². The Bertz CT molecular complexity index is 357. The molecule has 2 aliphatic rings. The summed E-state index contributed by atoms with van der Waals surface area (Å²) in [5.41, 5.74) is 9.01. The van der Waals surface area contributed by atoms with Crippen LogP contribution in [0.3, 0.4) is 0 Å². The Balaban J connectivity index is 2.09. The van der Waals surface area contributed by atoms with Gasteiger partial charge >= 0.3 is 11.3 Å². The van der Waals surface area contributed by atoms with Gasteiger partial charge in [-0.2, -0.15) is 4.28 Å². The van der Waals surface area contributed by atoms with Crippen molar-refractivity contribution in [2.75, 3.05) is 6.54 Å². The lowest BCUT2D eigenvalue weighted by Crippen LogP contribution is -2.42. The number of nitrogens with zero attached hydrogens (tertiary/aromatic N) is 1. The summed E-state index contributed by atoms with van der Waals surface area (Å²) >= 11 is -1.56. The second kappa shape index (κ2) is 4.66. The molecule has 0 bridgehead atoms. The fourth-order valence-corrected chi connectivity index (χ4v) is 3.65. The van der Waals surface area contributed by atoms with E-state index in [-0.39, 0.29) is 5.41 Å². The van der Waals surface area contributed by atoms with Crippen LogP contribution in [0.25, 0.3) is 0 Å². The summed E-state index contributed by atoms with van der Waals surface area (Å²) in [5.74, 6) is 0.673. The molecule has 1 aliphatic heterocycles. The fourth-order valence-electron chi connectivity index (χ4n) is 3.17. The zero-order valence-electron chi connectivity index (χ0n) is 10.5. The number of nitrogens with one attached hydrogen (secondary N) is 1. The number of rotatable bonds is 3. The van der Waals surface area contributed by atoms with Crippen LogP contribution in [0.2, 0.25) is 0 Å². The fraction of sp³-hybridized carbons (Fsp3) is 0.909. The summed E-state index contributed by atoms with van der Waals surface area (Å²) in [7, 11) is 0. The van der Waals surface area contributed by atoms with Crippen molar-refractivity contribution in [2.24, 2.45) is 21.0 Å². The van der Waals surface area contributed by atoms with Crippen molar-refractivity contribution in [1.82, 2.24) is 5.48 Å². The van der Waals surface area contributed by atoms with E-state index in [1.165, 1.54) is 12.8 Å². The van der Waals surface area contributed by atoms with Crippen molar-refractivity contribution in [2.45, 2.75) is 46.0 Å². The highest BCUT2D eigenvalue weighted by molar-refractivity contribution is 7.79. The van der Waals surface area contributed by atoms with Crippen molar-refractivity contribution in [3.05, 3.63) is 0 Å². The van der Waals surface area contributed by atoms with Gasteiger partial charge in [0.1, 0.15) is 5.84 Å². The minimum atomic E-state index is -1.56. The molecule has 0 amide bonds. The zero-order chi connectivity index (χ0) is 12.5. The predicted octanol–water partition coefficient (Wildman–Crippen LogP) is 1.43. The number of amidine groups is 1. The minimum Gasteiger partial charge on any atom is -0.330 e. The van der Waals surface area contributed by atoms with Crippen molar-refractivity contribution in [1.29, 1.82) is 0 Å². The lowest BCUT2D eigenvalue weighted by atomic mass is 9.62. The molecule has 5 nitrogen and oxygen atoms in total. The van der Waals surface area contributed by atoms with Crippen molar-refractivity contribution >= 4 is 17.1 Å². The quantitative estimate of drug-likeness (QED) is 0.804. The Morgan fingerprint density at radius 1 is 1.53 bits per heavy atom. The van der Waals surface area contributed by atoms with Gasteiger partial charge in [0.2, 0.25) is 0 Å². The Kier molecular flexibility index (Phi) is 3.56. The normalized spacial score (nSPS) is 36.4. The topological polar surface area (TPSA) is 76.7 Å². The first-order chi connectivity index (χ1) is 7.95. The molecule has 0 radical (unpaired) electrons. The summed E-state index contributed by atoms with van der Waals surface area (Å²) in [4.78, 5) is 0. The average molecular weight is 259 g/mol. The molecule has 1 fully saturated rings. The van der Waals surface area contributed by atoms with Crippen LogP contribution in [0.1, 0.15) is 46.0 Å². The van der Waals surface area contributed by atoms with E-state index < -0.39 is 11.3 Å². The van der Waals surface area contributed by atoms with Crippen LogP contribution in [0, 0.1) is 10.8 Å². The predicted molar refractivity (Wildman–Crippen MR) is 68.2 cm³/mol. The van der Waals surface area contributed by atoms with Gasteiger partial charge in [-0.3, -0.25) is 0 Å². The Labute approximate surface area is 105 Å². The third-order valence-electron chi connectivity index (χ3n) is 3.81. The van der Waals surface area contributed by atoms with E-state index in [4.69, 9.17) is 10.0 Å². The number of hydrogen-bond acceptors (Lipinski definition) is 4. The molecule has 6 heteroatoms. The smallest absolute Gasteiger partial charge is 0.309 e. The van der Waals surface area contributed by atoms with E-state index in [1.807, 2.05) is 0 Å². The van der Waals surface area contributed by atoms with Crippen molar-refractivity contribution in [3.63, 3.8) is 0 Å². The number of nitrogens with two attached hydrogens (primary N) is 1. The van der Waals surface area contributed by atoms with E-state index in [1.54, 1.807) is 0 Å². The minimum absolute atomic E-state index is 0.0749. The SMILES string of the molecule is CC1(C)CCC[C@](CN)(CC2=NS(=O)ON2)C1. The first-order valence-corrected chi connectivity index (χ1v) is 7.11. The standard InChI is InChI=1S/C11H21N3O2S/c1-10(2)4-3-5-11(7-10,8-12)6-9-13-16-17(15)14-9/h3-8,12H2,1-2H3,(H,13,14)/t11-,17?/m0/s1. The van der Waals surface area contributed by atoms with Gasteiger partial charge in [-0.15, -0.1) is 4.40 Å². The van der Waals surface area contributed by atoms with Crippen LogP contribution < -0.4 is 11.2 Å². The molecule has 0 saturated heterocycles. The van der Waals surface area contributed by atoms with Crippen LogP contribution in [-0.2, 0) is 15.6 Å². The lowest BCUT2D eigenvalue weighted by molar-refractivity contribution is 0.0942.